The first-order chi connectivity index (χ1) is 15.3. The number of hydrogen-bond acceptors (Lipinski definition) is 4. The van der Waals surface area contributed by atoms with Gasteiger partial charge in [0, 0.05) is 33.1 Å². The van der Waals surface area contributed by atoms with Crippen LogP contribution in [0, 0.1) is 19.7 Å². The molecule has 1 aliphatic carbocycles. The lowest BCUT2D eigenvalue weighted by Crippen LogP contribution is -2.46. The number of imide groups is 1. The first kappa shape index (κ1) is 20.6. The summed E-state index contributed by atoms with van der Waals surface area (Å²) in [6, 6.07) is 9.21. The molecule has 0 unspecified atom stereocenters. The van der Waals surface area contributed by atoms with Crippen molar-refractivity contribution in [3.8, 4) is 5.69 Å². The zero-order valence-corrected chi connectivity index (χ0v) is 18.6. The van der Waals surface area contributed by atoms with E-state index in [-0.39, 0.29) is 24.1 Å². The van der Waals surface area contributed by atoms with E-state index in [0.29, 0.717) is 23.4 Å². The van der Waals surface area contributed by atoms with Gasteiger partial charge >= 0.3 is 6.03 Å². The monoisotopic (exact) mass is 451 g/mol. The SMILES string of the molecule is Cc1cc(C(=O)CN2C(=O)N[C@]3(CCCc4sccc43)C2=O)c(C)n1-c1cccc(F)c1. The lowest BCUT2D eigenvalue weighted by molar-refractivity contribution is -0.131. The molecule has 1 saturated heterocycles. The molecule has 6 nitrogen and oxygen atoms in total. The van der Waals surface area contributed by atoms with Gasteiger partial charge in [-0.15, -0.1) is 11.3 Å². The van der Waals surface area contributed by atoms with Crippen molar-refractivity contribution in [3.05, 3.63) is 75.0 Å². The van der Waals surface area contributed by atoms with E-state index in [4.69, 9.17) is 0 Å². The Labute approximate surface area is 188 Å². The summed E-state index contributed by atoms with van der Waals surface area (Å²) in [5, 5.41) is 4.81. The van der Waals surface area contributed by atoms with Crippen LogP contribution in [0.1, 0.15) is 45.0 Å². The number of hydrogen-bond donors (Lipinski definition) is 1. The van der Waals surface area contributed by atoms with Gasteiger partial charge in [-0.3, -0.25) is 14.5 Å². The van der Waals surface area contributed by atoms with Crippen molar-refractivity contribution in [2.75, 3.05) is 6.54 Å². The molecule has 2 aromatic heterocycles. The van der Waals surface area contributed by atoms with Gasteiger partial charge in [-0.05, 0) is 68.8 Å². The number of nitrogens with one attached hydrogen (secondary N) is 1. The van der Waals surface area contributed by atoms with Crippen molar-refractivity contribution in [1.29, 1.82) is 0 Å². The van der Waals surface area contributed by atoms with Crippen LogP contribution in [0.4, 0.5) is 9.18 Å². The van der Waals surface area contributed by atoms with E-state index in [0.717, 1.165) is 33.9 Å². The molecular weight excluding hydrogens is 429 g/mol. The molecule has 3 heterocycles. The van der Waals surface area contributed by atoms with Crippen LogP contribution in [0.3, 0.4) is 0 Å². The fraction of sp³-hybridized carbons (Fsp3) is 0.292. The third kappa shape index (κ3) is 3.01. The summed E-state index contributed by atoms with van der Waals surface area (Å²) in [4.78, 5) is 41.5. The van der Waals surface area contributed by atoms with Crippen LogP contribution in [0.2, 0.25) is 0 Å². The van der Waals surface area contributed by atoms with Gasteiger partial charge in [0.05, 0.1) is 6.54 Å². The minimum atomic E-state index is -1.07. The molecular formula is C24H22FN3O3S. The predicted molar refractivity (Wildman–Crippen MR) is 119 cm³/mol. The van der Waals surface area contributed by atoms with E-state index in [1.165, 1.54) is 12.1 Å². The summed E-state index contributed by atoms with van der Waals surface area (Å²) in [6.07, 6.45) is 2.22. The Morgan fingerprint density at radius 1 is 1.22 bits per heavy atom. The van der Waals surface area contributed by atoms with Crippen LogP contribution >= 0.6 is 11.3 Å². The number of nitrogens with zero attached hydrogens (tertiary/aromatic N) is 2. The largest absolute Gasteiger partial charge is 0.325 e. The second-order valence-corrected chi connectivity index (χ2v) is 9.36. The zero-order chi connectivity index (χ0) is 22.6. The number of urea groups is 1. The van der Waals surface area contributed by atoms with E-state index in [1.54, 1.807) is 41.0 Å². The van der Waals surface area contributed by atoms with E-state index in [1.807, 2.05) is 18.4 Å². The van der Waals surface area contributed by atoms with Gasteiger partial charge in [-0.2, -0.15) is 0 Å². The minimum Gasteiger partial charge on any atom is -0.319 e. The zero-order valence-electron chi connectivity index (χ0n) is 17.8. The van der Waals surface area contributed by atoms with Gasteiger partial charge in [-0.1, -0.05) is 6.07 Å². The molecule has 8 heteroatoms. The third-order valence-corrected chi connectivity index (χ3v) is 7.42. The number of benzene rings is 1. The first-order valence-corrected chi connectivity index (χ1v) is 11.4. The molecule has 1 aromatic carbocycles. The number of aromatic nitrogens is 1. The molecule has 0 radical (unpaired) electrons. The summed E-state index contributed by atoms with van der Waals surface area (Å²) in [5.74, 6) is -1.07. The van der Waals surface area contributed by atoms with Gasteiger partial charge in [0.25, 0.3) is 5.91 Å². The highest BCUT2D eigenvalue weighted by molar-refractivity contribution is 7.10. The fourth-order valence-corrected chi connectivity index (χ4v) is 5.97. The number of Topliss-reactive ketones (excluding diaryl/α,β-unsaturated/α-hetero) is 1. The maximum atomic E-state index is 13.7. The molecule has 3 aromatic rings. The Morgan fingerprint density at radius 3 is 2.81 bits per heavy atom. The van der Waals surface area contributed by atoms with Crippen LogP contribution in [0.25, 0.3) is 5.69 Å². The van der Waals surface area contributed by atoms with Gasteiger partial charge in [0.2, 0.25) is 0 Å². The lowest BCUT2D eigenvalue weighted by atomic mass is 9.80. The molecule has 1 atom stereocenters. The van der Waals surface area contributed by atoms with Gasteiger partial charge in [-0.25, -0.2) is 9.18 Å². The van der Waals surface area contributed by atoms with E-state index in [2.05, 4.69) is 5.32 Å². The highest BCUT2D eigenvalue weighted by Crippen LogP contribution is 2.42. The predicted octanol–water partition coefficient (Wildman–Crippen LogP) is 4.26. The van der Waals surface area contributed by atoms with Crippen molar-refractivity contribution >= 4 is 29.1 Å². The smallest absolute Gasteiger partial charge is 0.319 e. The molecule has 1 aliphatic heterocycles. The number of amides is 3. The molecule has 5 rings (SSSR count). The van der Waals surface area contributed by atoms with Crippen molar-refractivity contribution in [3.63, 3.8) is 0 Å². The highest BCUT2D eigenvalue weighted by atomic mass is 32.1. The average Bonchev–Trinajstić information content (AvgIpc) is 3.41. The van der Waals surface area contributed by atoms with E-state index in [9.17, 15) is 18.8 Å². The molecule has 0 saturated carbocycles. The topological polar surface area (TPSA) is 71.4 Å². The number of halogens is 1. The van der Waals surface area contributed by atoms with E-state index >= 15 is 0 Å². The number of carbonyl (C=O) groups excluding carboxylic acids is 3. The summed E-state index contributed by atoms with van der Waals surface area (Å²) in [6.45, 7) is 3.27. The normalized spacial score (nSPS) is 20.0. The molecule has 3 amide bonds. The maximum absolute atomic E-state index is 13.7. The molecule has 0 bridgehead atoms. The van der Waals surface area contributed by atoms with Crippen molar-refractivity contribution in [2.24, 2.45) is 0 Å². The second kappa shape index (κ2) is 7.41. The summed E-state index contributed by atoms with van der Waals surface area (Å²) < 4.78 is 15.5. The third-order valence-electron chi connectivity index (χ3n) is 6.44. The fourth-order valence-electron chi connectivity index (χ4n) is 4.97. The van der Waals surface area contributed by atoms with Crippen LogP contribution in [0.15, 0.2) is 41.8 Å². The molecule has 164 valence electrons. The van der Waals surface area contributed by atoms with Gasteiger partial charge in [0.1, 0.15) is 11.4 Å². The molecule has 1 spiro atoms. The first-order valence-electron chi connectivity index (χ1n) is 10.5. The minimum absolute atomic E-state index is 0.331. The number of rotatable bonds is 4. The van der Waals surface area contributed by atoms with Crippen LogP contribution in [-0.4, -0.2) is 33.7 Å². The average molecular weight is 452 g/mol. The standard InChI is InChI=1S/C24H22FN3O3S/c1-14-11-18(15(2)28(14)17-6-3-5-16(25)12-17)20(29)13-27-22(30)24(26-23(27)31)9-4-7-21-19(24)8-10-32-21/h3,5-6,8,10-12H,4,7,9,13H2,1-2H3,(H,26,31)/t24-/m0/s1. The van der Waals surface area contributed by atoms with Crippen LogP contribution < -0.4 is 5.32 Å². The second-order valence-electron chi connectivity index (χ2n) is 8.36. The number of fused-ring (bicyclic) bond motifs is 2. The summed E-state index contributed by atoms with van der Waals surface area (Å²) in [5.41, 5.74) is 2.21. The molecule has 2 aliphatic rings. The summed E-state index contributed by atoms with van der Waals surface area (Å²) in [7, 11) is 0. The highest BCUT2D eigenvalue weighted by Gasteiger charge is 2.54. The Morgan fingerprint density at radius 2 is 2.03 bits per heavy atom. The Balaban J connectivity index is 1.44. The lowest BCUT2D eigenvalue weighted by Gasteiger charge is -2.31. The van der Waals surface area contributed by atoms with Crippen molar-refractivity contribution < 1.29 is 18.8 Å². The molecule has 1 fully saturated rings. The van der Waals surface area contributed by atoms with E-state index < -0.39 is 11.6 Å². The van der Waals surface area contributed by atoms with Crippen molar-refractivity contribution in [2.45, 2.75) is 38.6 Å². The number of ketones is 1. The van der Waals surface area contributed by atoms with Crippen LogP contribution in [0.5, 0.6) is 0 Å². The Kier molecular flexibility index (Phi) is 4.78. The Bertz CT molecular complexity index is 1280. The number of carbonyl (C=O) groups is 3. The molecule has 32 heavy (non-hydrogen) atoms. The maximum Gasteiger partial charge on any atom is 0.325 e. The molecule has 1 N–H and O–H groups in total. The Hall–Kier alpha value is -3.26. The number of thiophene rings is 1. The summed E-state index contributed by atoms with van der Waals surface area (Å²) >= 11 is 1.59. The van der Waals surface area contributed by atoms with Crippen LogP contribution in [-0.2, 0) is 16.8 Å². The van der Waals surface area contributed by atoms with Gasteiger partial charge in [0.15, 0.2) is 5.78 Å². The number of aryl methyl sites for hydroxylation is 2. The van der Waals surface area contributed by atoms with Crippen molar-refractivity contribution in [1.82, 2.24) is 14.8 Å². The quantitative estimate of drug-likeness (QED) is 0.476. The van der Waals surface area contributed by atoms with Gasteiger partial charge < -0.3 is 9.88 Å².